The lowest BCUT2D eigenvalue weighted by Crippen LogP contribution is -2.50. The molecule has 4 fully saturated rings. The van der Waals surface area contributed by atoms with Crippen molar-refractivity contribution in [3.05, 3.63) is 36.0 Å². The Bertz CT molecular complexity index is 1560. The summed E-state index contributed by atoms with van der Waals surface area (Å²) in [5, 5.41) is 2.89. The molecule has 9 heteroatoms. The van der Waals surface area contributed by atoms with E-state index < -0.39 is 0 Å². The molecule has 0 spiro atoms. The first-order valence-corrected chi connectivity index (χ1v) is 30.1. The summed E-state index contributed by atoms with van der Waals surface area (Å²) in [6.45, 7) is 20.7. The fourth-order valence-corrected chi connectivity index (χ4v) is 13.7. The summed E-state index contributed by atoms with van der Waals surface area (Å²) in [6, 6.07) is 0.595. The Morgan fingerprint density at radius 3 is 2.28 bits per heavy atom. The summed E-state index contributed by atoms with van der Waals surface area (Å²) in [5.41, 5.74) is 2.30. The number of amides is 1. The van der Waals surface area contributed by atoms with E-state index in [4.69, 9.17) is 23.7 Å². The summed E-state index contributed by atoms with van der Waals surface area (Å²) in [4.78, 5) is 28.1. The smallest absolute Gasteiger partial charge is 0.306 e. The third-order valence-corrected chi connectivity index (χ3v) is 18.1. The van der Waals surface area contributed by atoms with Gasteiger partial charge in [0.25, 0.3) is 0 Å². The predicted molar refractivity (Wildman–Crippen MR) is 292 cm³/mol. The lowest BCUT2D eigenvalue weighted by molar-refractivity contribution is -0.152. The molecule has 1 heterocycles. The SMILES string of the molecule is CCCCC/C=C\C/C=C\CCCCCCCCOCC(CN1CCCC1C)OCCOCCOCCNC(=O)CCC(=O)O[C@H]1CC[C@@]2(C)C(=CC[C@H]3C4CCC(CCCCC(C)C)[C@@]4(C)CCC32)C1. The Kier molecular flexibility index (Phi) is 28.5. The number of hydrogen-bond acceptors (Lipinski definition) is 8. The topological polar surface area (TPSA) is 95.6 Å². The van der Waals surface area contributed by atoms with Gasteiger partial charge in [0.1, 0.15) is 6.10 Å². The van der Waals surface area contributed by atoms with Gasteiger partial charge in [-0.1, -0.05) is 128 Å². The van der Waals surface area contributed by atoms with Gasteiger partial charge in [0.15, 0.2) is 0 Å². The van der Waals surface area contributed by atoms with E-state index in [-0.39, 0.29) is 42.3 Å². The number of hydrogen-bond donors (Lipinski definition) is 1. The third kappa shape index (κ3) is 20.9. The van der Waals surface area contributed by atoms with Crippen molar-refractivity contribution in [1.82, 2.24) is 10.2 Å². The van der Waals surface area contributed by atoms with Gasteiger partial charge >= 0.3 is 5.97 Å². The molecule has 5 unspecified atom stereocenters. The summed E-state index contributed by atoms with van der Waals surface area (Å²) < 4.78 is 30.0. The molecule has 4 aliphatic carbocycles. The lowest BCUT2D eigenvalue weighted by Gasteiger charge is -2.58. The fraction of sp³-hybridized carbons (Fsp3) is 0.871. The molecular weight excluding hydrogens is 885 g/mol. The average molecular weight is 994 g/mol. The number of nitrogens with zero attached hydrogens (tertiary/aromatic N) is 1. The van der Waals surface area contributed by atoms with Gasteiger partial charge in [0.05, 0.1) is 52.2 Å². The van der Waals surface area contributed by atoms with Gasteiger partial charge in [0, 0.05) is 38.6 Å². The first kappa shape index (κ1) is 59.8. The predicted octanol–water partition coefficient (Wildman–Crippen LogP) is 14.3. The van der Waals surface area contributed by atoms with E-state index in [1.54, 1.807) is 0 Å². The molecule has 0 bridgehead atoms. The van der Waals surface area contributed by atoms with Crippen LogP contribution in [-0.2, 0) is 33.3 Å². The van der Waals surface area contributed by atoms with E-state index in [1.165, 1.54) is 140 Å². The molecule has 9 atom stereocenters. The highest BCUT2D eigenvalue weighted by Gasteiger charge is 2.58. The van der Waals surface area contributed by atoms with Crippen LogP contribution >= 0.6 is 0 Å². The number of carbonyl (C=O) groups is 2. The molecule has 3 saturated carbocycles. The first-order valence-electron chi connectivity index (χ1n) is 30.1. The maximum atomic E-state index is 12.9. The number of rotatable bonds is 38. The lowest BCUT2D eigenvalue weighted by atomic mass is 9.47. The number of unbranched alkanes of at least 4 members (excludes halogenated alkanes) is 10. The van der Waals surface area contributed by atoms with Crippen molar-refractivity contribution in [3.63, 3.8) is 0 Å². The van der Waals surface area contributed by atoms with E-state index in [2.05, 4.69) is 82.1 Å². The molecule has 0 radical (unpaired) electrons. The van der Waals surface area contributed by atoms with Crippen LogP contribution in [0.3, 0.4) is 0 Å². The summed E-state index contributed by atoms with van der Waals surface area (Å²) in [7, 11) is 0. The minimum Gasteiger partial charge on any atom is -0.462 e. The van der Waals surface area contributed by atoms with Crippen molar-refractivity contribution in [2.24, 2.45) is 40.4 Å². The molecule has 0 aromatic heterocycles. The van der Waals surface area contributed by atoms with Crippen LogP contribution < -0.4 is 5.32 Å². The van der Waals surface area contributed by atoms with Crippen molar-refractivity contribution in [1.29, 1.82) is 0 Å². The third-order valence-electron chi connectivity index (χ3n) is 18.1. The number of nitrogens with one attached hydrogen (secondary N) is 1. The quantitative estimate of drug-likeness (QED) is 0.0371. The number of allylic oxidation sites excluding steroid dienone is 5. The van der Waals surface area contributed by atoms with E-state index >= 15 is 0 Å². The first-order chi connectivity index (χ1) is 34.5. The Balaban J connectivity index is 0.844. The Labute approximate surface area is 435 Å². The van der Waals surface area contributed by atoms with Crippen molar-refractivity contribution < 1.29 is 33.3 Å². The van der Waals surface area contributed by atoms with Gasteiger partial charge in [0.2, 0.25) is 5.91 Å². The molecule has 0 aromatic carbocycles. The van der Waals surface area contributed by atoms with Crippen molar-refractivity contribution in [3.8, 4) is 0 Å². The van der Waals surface area contributed by atoms with Crippen molar-refractivity contribution >= 4 is 11.9 Å². The molecule has 1 aliphatic heterocycles. The minimum atomic E-state index is -0.258. The second-order valence-electron chi connectivity index (χ2n) is 23.8. The Hall–Kier alpha value is -2.04. The highest BCUT2D eigenvalue weighted by Crippen LogP contribution is 2.67. The minimum absolute atomic E-state index is 0.0410. The standard InChI is InChI=1S/C62H108N2O7/c1-7-8-9-10-11-12-13-14-15-16-17-18-19-20-21-24-41-69-49-55(48-64-40-25-27-51(64)4)70-46-45-68-44-43-67-42-39-63-59(65)33-34-60(66)71-54-35-37-62(6)53(47-54)29-31-56-57-32-30-52(28-23-22-26-50(2)3)61(57,5)38-36-58(56)62/h11-12,14-15,29,50-52,54-58H,7-10,13,16-28,30-49H2,1-6H3,(H,63,65)/b12-11-,15-14-/t51?,52?,54-,55?,56-,57?,58?,61+,62-/m0/s1. The fourth-order valence-electron chi connectivity index (χ4n) is 13.7. The van der Waals surface area contributed by atoms with Gasteiger partial charge in [-0.3, -0.25) is 14.5 Å². The second-order valence-corrected chi connectivity index (χ2v) is 23.8. The van der Waals surface area contributed by atoms with Crippen LogP contribution in [0.4, 0.5) is 0 Å². The summed E-state index contributed by atoms with van der Waals surface area (Å²) >= 11 is 0. The number of esters is 1. The number of carbonyl (C=O) groups excluding carboxylic acids is 2. The number of fused-ring (bicyclic) bond motifs is 5. The molecule has 1 saturated heterocycles. The molecular formula is C62H108N2O7. The van der Waals surface area contributed by atoms with Crippen LogP contribution in [0.2, 0.25) is 0 Å². The molecule has 408 valence electrons. The van der Waals surface area contributed by atoms with Crippen LogP contribution in [0.1, 0.15) is 221 Å². The van der Waals surface area contributed by atoms with Gasteiger partial charge in [-0.25, -0.2) is 0 Å². The van der Waals surface area contributed by atoms with Gasteiger partial charge < -0.3 is 29.0 Å². The summed E-state index contributed by atoms with van der Waals surface area (Å²) in [5.74, 6) is 3.76. The zero-order valence-electron chi connectivity index (χ0n) is 46.7. The zero-order valence-corrected chi connectivity index (χ0v) is 46.7. The molecule has 5 rings (SSSR count). The van der Waals surface area contributed by atoms with Crippen LogP contribution in [0.15, 0.2) is 36.0 Å². The molecule has 1 amide bonds. The summed E-state index contributed by atoms with van der Waals surface area (Å²) in [6.07, 6.45) is 44.9. The van der Waals surface area contributed by atoms with E-state index in [9.17, 15) is 9.59 Å². The highest BCUT2D eigenvalue weighted by atomic mass is 16.6. The number of likely N-dealkylation sites (tertiary alicyclic amines) is 1. The van der Waals surface area contributed by atoms with Crippen molar-refractivity contribution in [2.75, 3.05) is 65.9 Å². The van der Waals surface area contributed by atoms with Gasteiger partial charge in [-0.05, 0) is 157 Å². The largest absolute Gasteiger partial charge is 0.462 e. The van der Waals surface area contributed by atoms with Crippen LogP contribution in [-0.4, -0.2) is 101 Å². The van der Waals surface area contributed by atoms with Crippen LogP contribution in [0, 0.1) is 40.4 Å². The molecule has 1 N–H and O–H groups in total. The van der Waals surface area contributed by atoms with Crippen molar-refractivity contribution in [2.45, 2.75) is 240 Å². The maximum absolute atomic E-state index is 12.9. The van der Waals surface area contributed by atoms with Gasteiger partial charge in [-0.15, -0.1) is 0 Å². The zero-order chi connectivity index (χ0) is 50.6. The van der Waals surface area contributed by atoms with E-state index in [0.717, 1.165) is 81.4 Å². The Morgan fingerprint density at radius 2 is 1.52 bits per heavy atom. The van der Waals surface area contributed by atoms with E-state index in [0.29, 0.717) is 57.6 Å². The number of ether oxygens (including phenoxy) is 5. The Morgan fingerprint density at radius 1 is 0.775 bits per heavy atom. The molecule has 5 aliphatic rings. The normalized spacial score (nSPS) is 28.1. The highest BCUT2D eigenvalue weighted by molar-refractivity contribution is 5.81. The molecule has 71 heavy (non-hydrogen) atoms. The maximum Gasteiger partial charge on any atom is 0.306 e. The van der Waals surface area contributed by atoms with Gasteiger partial charge in [-0.2, -0.15) is 0 Å². The second kappa shape index (κ2) is 33.8. The monoisotopic (exact) mass is 993 g/mol. The van der Waals surface area contributed by atoms with Crippen LogP contribution in [0.5, 0.6) is 0 Å². The van der Waals surface area contributed by atoms with E-state index in [1.807, 2.05) is 0 Å². The van der Waals surface area contributed by atoms with Crippen LogP contribution in [0.25, 0.3) is 0 Å². The molecule has 0 aromatic rings. The average Bonchev–Trinajstić information content (AvgIpc) is 3.92. The molecule has 9 nitrogen and oxygen atoms in total.